The minimum Gasteiger partial charge on any atom is -0.322 e. The van der Waals surface area contributed by atoms with Gasteiger partial charge in [-0.3, -0.25) is 24.5 Å². The molecule has 10 nitrogen and oxygen atoms in total. The Morgan fingerprint density at radius 2 is 1.55 bits per heavy atom. The van der Waals surface area contributed by atoms with E-state index in [1.165, 1.54) is 42.6 Å². The summed E-state index contributed by atoms with van der Waals surface area (Å²) >= 11 is 5.83. The molecule has 11 heteroatoms. The molecule has 3 aromatic carbocycles. The van der Waals surface area contributed by atoms with Gasteiger partial charge in [0.15, 0.2) is 0 Å². The first kappa shape index (κ1) is 23.1. The molecule has 0 saturated carbocycles. The summed E-state index contributed by atoms with van der Waals surface area (Å²) in [7, 11) is 0. The van der Waals surface area contributed by atoms with E-state index in [0.29, 0.717) is 16.3 Å². The van der Waals surface area contributed by atoms with E-state index in [1.807, 2.05) is 0 Å². The number of rotatable bonds is 6. The SMILES string of the molecule is O=C(NN=Cc1ccc([N+](=O)[O-])cc1)C(=O)Nc1ccccc1C(=O)Nc1ccc(Cl)cc1. The van der Waals surface area contributed by atoms with Crippen LogP contribution < -0.4 is 16.1 Å². The summed E-state index contributed by atoms with van der Waals surface area (Å²) < 4.78 is 0. The van der Waals surface area contributed by atoms with Gasteiger partial charge in [0.25, 0.3) is 11.6 Å². The molecule has 3 N–H and O–H groups in total. The number of para-hydroxylation sites is 1. The number of amides is 3. The molecule has 33 heavy (non-hydrogen) atoms. The average molecular weight is 466 g/mol. The smallest absolute Gasteiger partial charge is 0.322 e. The van der Waals surface area contributed by atoms with Gasteiger partial charge in [0, 0.05) is 22.8 Å². The Kier molecular flexibility index (Phi) is 7.45. The summed E-state index contributed by atoms with van der Waals surface area (Å²) in [4.78, 5) is 47.0. The summed E-state index contributed by atoms with van der Waals surface area (Å²) in [5, 5.41) is 19.9. The molecule has 0 aromatic heterocycles. The first-order valence-corrected chi connectivity index (χ1v) is 9.76. The third-order valence-corrected chi connectivity index (χ3v) is 4.46. The summed E-state index contributed by atoms with van der Waals surface area (Å²) in [6.45, 7) is 0. The Balaban J connectivity index is 1.61. The van der Waals surface area contributed by atoms with Crippen molar-refractivity contribution in [3.63, 3.8) is 0 Å². The van der Waals surface area contributed by atoms with E-state index in [-0.39, 0.29) is 16.9 Å². The number of hydrazone groups is 1. The van der Waals surface area contributed by atoms with Gasteiger partial charge in [0.2, 0.25) is 0 Å². The minimum atomic E-state index is -1.07. The lowest BCUT2D eigenvalue weighted by atomic mass is 10.1. The Bertz CT molecular complexity index is 1230. The highest BCUT2D eigenvalue weighted by atomic mass is 35.5. The highest BCUT2D eigenvalue weighted by Gasteiger charge is 2.17. The quantitative estimate of drug-likeness (QED) is 0.220. The van der Waals surface area contributed by atoms with Gasteiger partial charge in [0.05, 0.1) is 22.4 Å². The molecule has 0 aliphatic rings. The normalized spacial score (nSPS) is 10.5. The van der Waals surface area contributed by atoms with Crippen molar-refractivity contribution >= 4 is 52.6 Å². The second-order valence-corrected chi connectivity index (χ2v) is 6.94. The van der Waals surface area contributed by atoms with E-state index < -0.39 is 22.6 Å². The number of halogens is 1. The van der Waals surface area contributed by atoms with Gasteiger partial charge in [-0.25, -0.2) is 5.43 Å². The van der Waals surface area contributed by atoms with E-state index >= 15 is 0 Å². The number of anilines is 2. The fourth-order valence-electron chi connectivity index (χ4n) is 2.60. The van der Waals surface area contributed by atoms with Crippen LogP contribution in [0.2, 0.25) is 5.02 Å². The van der Waals surface area contributed by atoms with Crippen LogP contribution in [0.4, 0.5) is 17.1 Å². The van der Waals surface area contributed by atoms with Crippen LogP contribution in [0.1, 0.15) is 15.9 Å². The predicted octanol–water partition coefficient (Wildman–Crippen LogP) is 3.59. The zero-order chi connectivity index (χ0) is 23.8. The molecule has 0 radical (unpaired) electrons. The van der Waals surface area contributed by atoms with E-state index in [2.05, 4.69) is 21.2 Å². The standard InChI is InChI=1S/C22H16ClN5O5/c23-15-7-9-16(10-8-15)25-20(29)18-3-1-2-4-19(18)26-21(30)22(31)27-24-13-14-5-11-17(12-6-14)28(32)33/h1-13H,(H,25,29)(H,26,30)(H,27,31). The summed E-state index contributed by atoms with van der Waals surface area (Å²) in [5.41, 5.74) is 3.22. The molecule has 3 amide bonds. The summed E-state index contributed by atoms with van der Waals surface area (Å²) in [6, 6.07) is 18.1. The molecule has 0 saturated heterocycles. The van der Waals surface area contributed by atoms with Crippen LogP contribution in [-0.4, -0.2) is 28.9 Å². The van der Waals surface area contributed by atoms with Crippen molar-refractivity contribution in [2.24, 2.45) is 5.10 Å². The second-order valence-electron chi connectivity index (χ2n) is 6.51. The van der Waals surface area contributed by atoms with Gasteiger partial charge in [0.1, 0.15) is 0 Å². The molecule has 3 aromatic rings. The Hall–Kier alpha value is -4.57. The monoisotopic (exact) mass is 465 g/mol. The lowest BCUT2D eigenvalue weighted by Gasteiger charge is -2.11. The molecule has 3 rings (SSSR count). The van der Waals surface area contributed by atoms with Crippen LogP contribution in [0.5, 0.6) is 0 Å². The number of benzene rings is 3. The first-order chi connectivity index (χ1) is 15.8. The summed E-state index contributed by atoms with van der Waals surface area (Å²) in [6.07, 6.45) is 1.22. The molecule has 0 spiro atoms. The van der Waals surface area contributed by atoms with Crippen molar-refractivity contribution in [1.29, 1.82) is 0 Å². The highest BCUT2D eigenvalue weighted by Crippen LogP contribution is 2.19. The minimum absolute atomic E-state index is 0.0886. The largest absolute Gasteiger partial charge is 0.329 e. The van der Waals surface area contributed by atoms with Gasteiger partial charge < -0.3 is 10.6 Å². The third kappa shape index (κ3) is 6.45. The Labute approximate surface area is 192 Å². The topological polar surface area (TPSA) is 143 Å². The van der Waals surface area contributed by atoms with Gasteiger partial charge in [-0.2, -0.15) is 5.10 Å². The highest BCUT2D eigenvalue weighted by molar-refractivity contribution is 6.40. The van der Waals surface area contributed by atoms with Gasteiger partial charge in [-0.15, -0.1) is 0 Å². The van der Waals surface area contributed by atoms with Gasteiger partial charge >= 0.3 is 11.8 Å². The molecule has 0 aliphatic heterocycles. The molecule has 0 fully saturated rings. The van der Waals surface area contributed by atoms with Crippen LogP contribution in [0.15, 0.2) is 77.9 Å². The second kappa shape index (κ2) is 10.6. The predicted molar refractivity (Wildman–Crippen MR) is 123 cm³/mol. The third-order valence-electron chi connectivity index (χ3n) is 4.21. The number of carbonyl (C=O) groups is 3. The Morgan fingerprint density at radius 3 is 2.21 bits per heavy atom. The van der Waals surface area contributed by atoms with Crippen molar-refractivity contribution in [2.45, 2.75) is 0 Å². The summed E-state index contributed by atoms with van der Waals surface area (Å²) in [5.74, 6) is -2.60. The van der Waals surface area contributed by atoms with Gasteiger partial charge in [-0.1, -0.05) is 23.7 Å². The van der Waals surface area contributed by atoms with Crippen LogP contribution in [0.3, 0.4) is 0 Å². The zero-order valence-corrected chi connectivity index (χ0v) is 17.6. The number of nitrogens with one attached hydrogen (secondary N) is 3. The van der Waals surface area contributed by atoms with Crippen molar-refractivity contribution in [1.82, 2.24) is 5.43 Å². The number of carbonyl (C=O) groups excluding carboxylic acids is 3. The van der Waals surface area contributed by atoms with Crippen LogP contribution in [0.25, 0.3) is 0 Å². The fraction of sp³-hybridized carbons (Fsp3) is 0. The van der Waals surface area contributed by atoms with Crippen molar-refractivity contribution < 1.29 is 19.3 Å². The maximum atomic E-state index is 12.6. The van der Waals surface area contributed by atoms with Crippen molar-refractivity contribution in [3.8, 4) is 0 Å². The van der Waals surface area contributed by atoms with E-state index in [0.717, 1.165) is 0 Å². The van der Waals surface area contributed by atoms with E-state index in [1.54, 1.807) is 36.4 Å². The van der Waals surface area contributed by atoms with Crippen LogP contribution in [0, 0.1) is 10.1 Å². The van der Waals surface area contributed by atoms with Crippen molar-refractivity contribution in [3.05, 3.63) is 99.1 Å². The lowest BCUT2D eigenvalue weighted by molar-refractivity contribution is -0.384. The maximum Gasteiger partial charge on any atom is 0.329 e. The van der Waals surface area contributed by atoms with Crippen molar-refractivity contribution in [2.75, 3.05) is 10.6 Å². The molecule has 0 bridgehead atoms. The number of nitrogens with zero attached hydrogens (tertiary/aromatic N) is 2. The van der Waals surface area contributed by atoms with Crippen LogP contribution in [-0.2, 0) is 9.59 Å². The number of nitro benzene ring substituents is 1. The maximum absolute atomic E-state index is 12.6. The van der Waals surface area contributed by atoms with E-state index in [9.17, 15) is 24.5 Å². The Morgan fingerprint density at radius 1 is 0.879 bits per heavy atom. The van der Waals surface area contributed by atoms with Gasteiger partial charge in [-0.05, 0) is 54.1 Å². The molecule has 0 atom stereocenters. The molecular formula is C22H16ClN5O5. The molecule has 0 unspecified atom stereocenters. The zero-order valence-electron chi connectivity index (χ0n) is 16.8. The molecular weight excluding hydrogens is 450 g/mol. The number of hydrogen-bond acceptors (Lipinski definition) is 6. The van der Waals surface area contributed by atoms with Crippen LogP contribution >= 0.6 is 11.6 Å². The molecule has 166 valence electrons. The van der Waals surface area contributed by atoms with E-state index in [4.69, 9.17) is 11.6 Å². The first-order valence-electron chi connectivity index (χ1n) is 9.38. The number of non-ortho nitro benzene ring substituents is 1. The number of hydrogen-bond donors (Lipinski definition) is 3. The molecule has 0 aliphatic carbocycles. The average Bonchev–Trinajstić information content (AvgIpc) is 2.81. The fourth-order valence-corrected chi connectivity index (χ4v) is 2.73. The number of nitro groups is 1. The molecule has 0 heterocycles. The lowest BCUT2D eigenvalue weighted by Crippen LogP contribution is -2.33.